The van der Waals surface area contributed by atoms with Gasteiger partial charge in [0.15, 0.2) is 0 Å². The molecule has 0 unspecified atom stereocenters. The predicted octanol–water partition coefficient (Wildman–Crippen LogP) is 3.90. The molecule has 0 aliphatic carbocycles. The van der Waals surface area contributed by atoms with Crippen molar-refractivity contribution in [3.8, 4) is 5.75 Å². The van der Waals surface area contributed by atoms with Gasteiger partial charge in [0, 0.05) is 35.5 Å². The summed E-state index contributed by atoms with van der Waals surface area (Å²) in [6.07, 6.45) is 0. The van der Waals surface area contributed by atoms with Gasteiger partial charge in [-0.05, 0) is 36.4 Å². The van der Waals surface area contributed by atoms with E-state index in [0.29, 0.717) is 5.75 Å². The molecule has 1 aliphatic heterocycles. The number of rotatable bonds is 5. The summed E-state index contributed by atoms with van der Waals surface area (Å²) in [5.41, 5.74) is 1.10. The van der Waals surface area contributed by atoms with Gasteiger partial charge >= 0.3 is 0 Å². The number of hydrogen-bond donors (Lipinski definition) is 0. The molecule has 132 valence electrons. The molecule has 0 saturated carbocycles. The average Bonchev–Trinajstić information content (AvgIpc) is 2.67. The molecular weight excluding hydrogens is 400 g/mol. The van der Waals surface area contributed by atoms with Crippen molar-refractivity contribution in [2.45, 2.75) is 4.90 Å². The number of carbonyl (C=O) groups excluding carboxylic acids is 1. The van der Waals surface area contributed by atoms with Crippen LogP contribution in [0.5, 0.6) is 5.75 Å². The van der Waals surface area contributed by atoms with Crippen LogP contribution in [-0.4, -0.2) is 49.8 Å². The van der Waals surface area contributed by atoms with Gasteiger partial charge in [0.1, 0.15) is 5.75 Å². The third-order valence-electron chi connectivity index (χ3n) is 4.23. The lowest BCUT2D eigenvalue weighted by molar-refractivity contribution is -0.128. The average molecular weight is 421 g/mol. The van der Waals surface area contributed by atoms with E-state index in [9.17, 15) is 4.79 Å². The van der Waals surface area contributed by atoms with E-state index >= 15 is 0 Å². The fourth-order valence-electron chi connectivity index (χ4n) is 2.85. The smallest absolute Gasteiger partial charge is 0.233 e. The quantitative estimate of drug-likeness (QED) is 0.686. The summed E-state index contributed by atoms with van der Waals surface area (Å²) in [4.78, 5) is 17.8. The maximum atomic E-state index is 12.5. The van der Waals surface area contributed by atoms with Gasteiger partial charge < -0.3 is 14.5 Å². The molecule has 2 aromatic rings. The summed E-state index contributed by atoms with van der Waals surface area (Å²) in [6.45, 7) is 3.15. The van der Waals surface area contributed by atoms with Gasteiger partial charge in [0.2, 0.25) is 5.91 Å². The first-order chi connectivity index (χ1) is 12.2. The molecule has 1 amide bonds. The van der Waals surface area contributed by atoms with Crippen LogP contribution in [0.15, 0.2) is 57.9 Å². The maximum Gasteiger partial charge on any atom is 0.233 e. The van der Waals surface area contributed by atoms with Crippen molar-refractivity contribution in [3.63, 3.8) is 0 Å². The topological polar surface area (TPSA) is 32.8 Å². The zero-order chi connectivity index (χ0) is 17.6. The molecule has 1 saturated heterocycles. The van der Waals surface area contributed by atoms with Crippen molar-refractivity contribution < 1.29 is 9.53 Å². The van der Waals surface area contributed by atoms with Gasteiger partial charge in [-0.25, -0.2) is 0 Å². The largest absolute Gasteiger partial charge is 0.495 e. The fourth-order valence-corrected chi connectivity index (χ4v) is 3.92. The molecule has 0 spiro atoms. The van der Waals surface area contributed by atoms with Crippen LogP contribution in [0.1, 0.15) is 0 Å². The number of nitrogens with zero attached hydrogens (tertiary/aromatic N) is 2. The van der Waals surface area contributed by atoms with Gasteiger partial charge in [0.25, 0.3) is 0 Å². The van der Waals surface area contributed by atoms with E-state index in [1.54, 1.807) is 18.9 Å². The van der Waals surface area contributed by atoms with E-state index in [1.807, 2.05) is 47.4 Å². The molecule has 0 aromatic heterocycles. The highest BCUT2D eigenvalue weighted by molar-refractivity contribution is 9.10. The Balaban J connectivity index is 1.51. The molecular formula is C19H21BrN2O2S. The van der Waals surface area contributed by atoms with Crippen LogP contribution in [0.25, 0.3) is 0 Å². The van der Waals surface area contributed by atoms with Crippen LogP contribution >= 0.6 is 27.7 Å². The number of piperazine rings is 1. The minimum Gasteiger partial charge on any atom is -0.495 e. The molecule has 0 bridgehead atoms. The molecule has 6 heteroatoms. The highest BCUT2D eigenvalue weighted by Gasteiger charge is 2.22. The van der Waals surface area contributed by atoms with Crippen LogP contribution in [0.4, 0.5) is 5.69 Å². The third kappa shape index (κ3) is 4.70. The SMILES string of the molecule is COc1ccccc1N1CCN(C(=O)CSc2ccc(Br)cc2)CC1. The van der Waals surface area contributed by atoms with E-state index in [2.05, 4.69) is 26.9 Å². The van der Waals surface area contributed by atoms with Crippen molar-refractivity contribution in [1.82, 2.24) is 4.90 Å². The van der Waals surface area contributed by atoms with Crippen molar-refractivity contribution in [1.29, 1.82) is 0 Å². The number of anilines is 1. The summed E-state index contributed by atoms with van der Waals surface area (Å²) in [5, 5.41) is 0. The zero-order valence-electron chi connectivity index (χ0n) is 14.2. The highest BCUT2D eigenvalue weighted by Crippen LogP contribution is 2.28. The number of thioether (sulfide) groups is 1. The summed E-state index contributed by atoms with van der Waals surface area (Å²) < 4.78 is 6.49. The highest BCUT2D eigenvalue weighted by atomic mass is 79.9. The van der Waals surface area contributed by atoms with Gasteiger partial charge in [-0.2, -0.15) is 0 Å². The van der Waals surface area contributed by atoms with Gasteiger partial charge in [-0.1, -0.05) is 28.1 Å². The first kappa shape index (κ1) is 18.1. The normalized spacial score (nSPS) is 14.5. The summed E-state index contributed by atoms with van der Waals surface area (Å²) in [6, 6.07) is 16.1. The standard InChI is InChI=1S/C19H21BrN2O2S/c1-24-18-5-3-2-4-17(18)21-10-12-22(13-11-21)19(23)14-25-16-8-6-15(20)7-9-16/h2-9H,10-14H2,1H3. The number of amides is 1. The molecule has 2 aromatic carbocycles. The second-order valence-electron chi connectivity index (χ2n) is 5.78. The summed E-state index contributed by atoms with van der Waals surface area (Å²) in [5.74, 6) is 1.57. The van der Waals surface area contributed by atoms with Gasteiger partial charge in [-0.15, -0.1) is 11.8 Å². The molecule has 1 heterocycles. The Morgan fingerprint density at radius 1 is 1.08 bits per heavy atom. The Labute approximate surface area is 161 Å². The minimum absolute atomic E-state index is 0.201. The molecule has 1 aliphatic rings. The number of halogens is 1. The van der Waals surface area contributed by atoms with Gasteiger partial charge in [-0.3, -0.25) is 4.79 Å². The first-order valence-electron chi connectivity index (χ1n) is 8.21. The number of ether oxygens (including phenoxy) is 1. The van der Waals surface area contributed by atoms with E-state index in [4.69, 9.17) is 4.74 Å². The number of benzene rings is 2. The number of methoxy groups -OCH3 is 1. The van der Waals surface area contributed by atoms with Crippen molar-refractivity contribution in [2.24, 2.45) is 0 Å². The Bertz CT molecular complexity index is 716. The van der Waals surface area contributed by atoms with E-state index < -0.39 is 0 Å². The van der Waals surface area contributed by atoms with Crippen LogP contribution in [0, 0.1) is 0 Å². The van der Waals surface area contributed by atoms with Gasteiger partial charge in [0.05, 0.1) is 18.6 Å². The maximum absolute atomic E-state index is 12.5. The Morgan fingerprint density at radius 2 is 1.76 bits per heavy atom. The number of carbonyl (C=O) groups is 1. The molecule has 4 nitrogen and oxygen atoms in total. The van der Waals surface area contributed by atoms with E-state index in [0.717, 1.165) is 47.0 Å². The van der Waals surface area contributed by atoms with Crippen LogP contribution in [0.3, 0.4) is 0 Å². The predicted molar refractivity (Wildman–Crippen MR) is 107 cm³/mol. The second kappa shape index (κ2) is 8.63. The van der Waals surface area contributed by atoms with E-state index in [1.165, 1.54) is 0 Å². The molecule has 0 atom stereocenters. The lowest BCUT2D eigenvalue weighted by Crippen LogP contribution is -2.49. The number of hydrogen-bond acceptors (Lipinski definition) is 4. The molecule has 0 N–H and O–H groups in total. The lowest BCUT2D eigenvalue weighted by atomic mass is 10.2. The zero-order valence-corrected chi connectivity index (χ0v) is 16.6. The Hall–Kier alpha value is -1.66. The Morgan fingerprint density at radius 3 is 2.44 bits per heavy atom. The van der Waals surface area contributed by atoms with Crippen LogP contribution in [0.2, 0.25) is 0 Å². The number of para-hydroxylation sites is 2. The Kier molecular flexibility index (Phi) is 6.26. The summed E-state index contributed by atoms with van der Waals surface area (Å²) in [7, 11) is 1.69. The monoisotopic (exact) mass is 420 g/mol. The lowest BCUT2D eigenvalue weighted by Gasteiger charge is -2.36. The third-order valence-corrected chi connectivity index (χ3v) is 5.76. The molecule has 0 radical (unpaired) electrons. The van der Waals surface area contributed by atoms with Crippen LogP contribution in [-0.2, 0) is 4.79 Å². The van der Waals surface area contributed by atoms with Crippen molar-refractivity contribution >= 4 is 39.3 Å². The minimum atomic E-state index is 0.201. The van der Waals surface area contributed by atoms with Crippen LogP contribution < -0.4 is 9.64 Å². The molecule has 3 rings (SSSR count). The first-order valence-corrected chi connectivity index (χ1v) is 9.99. The van der Waals surface area contributed by atoms with Crippen molar-refractivity contribution in [3.05, 3.63) is 53.0 Å². The van der Waals surface area contributed by atoms with E-state index in [-0.39, 0.29) is 5.91 Å². The molecule has 25 heavy (non-hydrogen) atoms. The fraction of sp³-hybridized carbons (Fsp3) is 0.316. The van der Waals surface area contributed by atoms with Crippen molar-refractivity contribution in [2.75, 3.05) is 43.9 Å². The summed E-state index contributed by atoms with van der Waals surface area (Å²) >= 11 is 5.01. The second-order valence-corrected chi connectivity index (χ2v) is 7.75. The molecule has 1 fully saturated rings.